The number of carbonyl (C=O) groups excluding carboxylic acids is 2. The van der Waals surface area contributed by atoms with Gasteiger partial charge in [0.1, 0.15) is 11.4 Å². The van der Waals surface area contributed by atoms with Gasteiger partial charge in [-0.25, -0.2) is 4.68 Å². The number of rotatable bonds is 4. The first kappa shape index (κ1) is 19.9. The SMILES string of the molecule is Cc1cccc(C(=O)Nc2c(C(=O)N3CCCCCC3)cnn2-c2ccccc2)c1. The Labute approximate surface area is 176 Å². The molecule has 1 aliphatic heterocycles. The van der Waals surface area contributed by atoms with E-state index in [9.17, 15) is 9.59 Å². The van der Waals surface area contributed by atoms with E-state index in [1.165, 1.54) is 0 Å². The maximum Gasteiger partial charge on any atom is 0.259 e. The lowest BCUT2D eigenvalue weighted by molar-refractivity contribution is 0.0762. The van der Waals surface area contributed by atoms with Crippen LogP contribution in [0.4, 0.5) is 5.82 Å². The quantitative estimate of drug-likeness (QED) is 0.701. The molecule has 0 unspecified atom stereocenters. The second kappa shape index (κ2) is 8.95. The van der Waals surface area contributed by atoms with E-state index in [4.69, 9.17) is 0 Å². The Bertz CT molecular complexity index is 1030. The van der Waals surface area contributed by atoms with Gasteiger partial charge in [-0.1, -0.05) is 48.7 Å². The first-order chi connectivity index (χ1) is 14.6. The fraction of sp³-hybridized carbons (Fsp3) is 0.292. The standard InChI is InChI=1S/C24H26N4O2/c1-18-10-9-11-19(16-18)23(29)26-22-21(24(30)27-14-7-2-3-8-15-27)17-25-28(22)20-12-5-4-6-13-20/h4-6,9-13,16-17H,2-3,7-8,14-15H2,1H3,(H,26,29). The fourth-order valence-electron chi connectivity index (χ4n) is 3.80. The molecule has 0 radical (unpaired) electrons. The molecule has 1 aromatic heterocycles. The van der Waals surface area contributed by atoms with Gasteiger partial charge >= 0.3 is 0 Å². The van der Waals surface area contributed by atoms with Crippen LogP contribution < -0.4 is 5.32 Å². The molecular formula is C24H26N4O2. The van der Waals surface area contributed by atoms with Gasteiger partial charge in [-0.3, -0.25) is 9.59 Å². The van der Waals surface area contributed by atoms with Crippen LogP contribution in [-0.4, -0.2) is 39.6 Å². The molecule has 1 saturated heterocycles. The monoisotopic (exact) mass is 402 g/mol. The Hall–Kier alpha value is -3.41. The summed E-state index contributed by atoms with van der Waals surface area (Å²) in [7, 11) is 0. The lowest BCUT2D eigenvalue weighted by atomic mass is 10.1. The predicted molar refractivity (Wildman–Crippen MR) is 117 cm³/mol. The smallest absolute Gasteiger partial charge is 0.259 e. The first-order valence-electron chi connectivity index (χ1n) is 10.4. The Morgan fingerprint density at radius 3 is 2.37 bits per heavy atom. The van der Waals surface area contributed by atoms with Gasteiger partial charge in [0, 0.05) is 18.7 Å². The average Bonchev–Trinajstić information content (AvgIpc) is 2.98. The topological polar surface area (TPSA) is 67.2 Å². The second-order valence-corrected chi connectivity index (χ2v) is 7.68. The molecule has 0 bridgehead atoms. The molecule has 4 rings (SSSR count). The number of hydrogen-bond donors (Lipinski definition) is 1. The van der Waals surface area contributed by atoms with E-state index in [0.29, 0.717) is 16.9 Å². The maximum absolute atomic E-state index is 13.3. The summed E-state index contributed by atoms with van der Waals surface area (Å²) in [5, 5.41) is 7.40. The second-order valence-electron chi connectivity index (χ2n) is 7.68. The van der Waals surface area contributed by atoms with E-state index in [1.807, 2.05) is 60.4 Å². The number of nitrogens with one attached hydrogen (secondary N) is 1. The molecule has 30 heavy (non-hydrogen) atoms. The highest BCUT2D eigenvalue weighted by atomic mass is 16.2. The molecule has 3 aromatic rings. The highest BCUT2D eigenvalue weighted by Gasteiger charge is 2.25. The Morgan fingerprint density at radius 1 is 0.933 bits per heavy atom. The van der Waals surface area contributed by atoms with Gasteiger partial charge < -0.3 is 10.2 Å². The molecule has 6 nitrogen and oxygen atoms in total. The minimum absolute atomic E-state index is 0.0846. The number of para-hydroxylation sites is 1. The minimum Gasteiger partial charge on any atom is -0.338 e. The molecule has 2 amide bonds. The predicted octanol–water partition coefficient (Wildman–Crippen LogP) is 4.45. The molecule has 0 aliphatic carbocycles. The summed E-state index contributed by atoms with van der Waals surface area (Å²) < 4.78 is 1.62. The van der Waals surface area contributed by atoms with Crippen molar-refractivity contribution in [3.05, 3.63) is 77.5 Å². The van der Waals surface area contributed by atoms with Gasteiger partial charge in [-0.2, -0.15) is 5.10 Å². The van der Waals surface area contributed by atoms with Crippen LogP contribution in [0.25, 0.3) is 5.69 Å². The highest BCUT2D eigenvalue weighted by Crippen LogP contribution is 2.24. The molecule has 154 valence electrons. The molecular weight excluding hydrogens is 376 g/mol. The van der Waals surface area contributed by atoms with Crippen LogP contribution in [0.5, 0.6) is 0 Å². The summed E-state index contributed by atoms with van der Waals surface area (Å²) in [5.74, 6) is 0.0573. The van der Waals surface area contributed by atoms with Crippen LogP contribution >= 0.6 is 0 Å². The minimum atomic E-state index is -0.263. The Kier molecular flexibility index (Phi) is 5.93. The molecule has 0 saturated carbocycles. The first-order valence-corrected chi connectivity index (χ1v) is 10.4. The van der Waals surface area contributed by atoms with Crippen molar-refractivity contribution >= 4 is 17.6 Å². The van der Waals surface area contributed by atoms with Gasteiger partial charge in [0.15, 0.2) is 0 Å². The van der Waals surface area contributed by atoms with Crippen molar-refractivity contribution in [2.45, 2.75) is 32.6 Å². The molecule has 2 heterocycles. The van der Waals surface area contributed by atoms with Crippen molar-refractivity contribution in [1.29, 1.82) is 0 Å². The lowest BCUT2D eigenvalue weighted by Gasteiger charge is -2.20. The Morgan fingerprint density at radius 2 is 1.67 bits per heavy atom. The summed E-state index contributed by atoms with van der Waals surface area (Å²) in [6, 6.07) is 16.9. The van der Waals surface area contributed by atoms with E-state index >= 15 is 0 Å². The van der Waals surface area contributed by atoms with Crippen molar-refractivity contribution in [3.8, 4) is 5.69 Å². The summed E-state index contributed by atoms with van der Waals surface area (Å²) >= 11 is 0. The van der Waals surface area contributed by atoms with Crippen molar-refractivity contribution < 1.29 is 9.59 Å². The van der Waals surface area contributed by atoms with Gasteiger partial charge in [0.2, 0.25) is 0 Å². The Balaban J connectivity index is 1.71. The van der Waals surface area contributed by atoms with Crippen LogP contribution in [0.2, 0.25) is 0 Å². The van der Waals surface area contributed by atoms with Crippen molar-refractivity contribution in [2.75, 3.05) is 18.4 Å². The molecule has 0 spiro atoms. The largest absolute Gasteiger partial charge is 0.338 e. The van der Waals surface area contributed by atoms with E-state index in [-0.39, 0.29) is 11.8 Å². The van der Waals surface area contributed by atoms with Crippen molar-refractivity contribution in [2.24, 2.45) is 0 Å². The van der Waals surface area contributed by atoms with Gasteiger partial charge in [0.25, 0.3) is 11.8 Å². The summed E-state index contributed by atoms with van der Waals surface area (Å²) in [4.78, 5) is 28.2. The van der Waals surface area contributed by atoms with E-state index in [2.05, 4.69) is 10.4 Å². The number of nitrogens with zero attached hydrogens (tertiary/aromatic N) is 3. The normalized spacial score (nSPS) is 14.2. The average molecular weight is 402 g/mol. The van der Waals surface area contributed by atoms with Crippen molar-refractivity contribution in [1.82, 2.24) is 14.7 Å². The zero-order valence-corrected chi connectivity index (χ0v) is 17.2. The number of carbonyl (C=O) groups is 2. The van der Waals surface area contributed by atoms with Crippen LogP contribution in [0, 0.1) is 6.92 Å². The molecule has 0 atom stereocenters. The van der Waals surface area contributed by atoms with Crippen LogP contribution in [0.3, 0.4) is 0 Å². The number of benzene rings is 2. The van der Waals surface area contributed by atoms with Gasteiger partial charge in [-0.05, 0) is 44.0 Å². The van der Waals surface area contributed by atoms with Gasteiger partial charge in [0.05, 0.1) is 11.9 Å². The third kappa shape index (κ3) is 4.27. The molecule has 6 heteroatoms. The molecule has 2 aromatic carbocycles. The third-order valence-electron chi connectivity index (χ3n) is 5.41. The van der Waals surface area contributed by atoms with Gasteiger partial charge in [-0.15, -0.1) is 0 Å². The summed E-state index contributed by atoms with van der Waals surface area (Å²) in [5.41, 5.74) is 2.75. The molecule has 1 N–H and O–H groups in total. The highest BCUT2D eigenvalue weighted by molar-refractivity contribution is 6.08. The maximum atomic E-state index is 13.3. The lowest BCUT2D eigenvalue weighted by Crippen LogP contribution is -2.32. The number of aryl methyl sites for hydroxylation is 1. The summed E-state index contributed by atoms with van der Waals surface area (Å²) in [6.45, 7) is 3.42. The number of amides is 2. The number of hydrogen-bond acceptors (Lipinski definition) is 3. The summed E-state index contributed by atoms with van der Waals surface area (Å²) in [6.07, 6.45) is 5.85. The van der Waals surface area contributed by atoms with Crippen LogP contribution in [-0.2, 0) is 0 Å². The molecule has 1 fully saturated rings. The number of anilines is 1. The number of likely N-dealkylation sites (tertiary alicyclic amines) is 1. The molecule has 1 aliphatic rings. The number of aromatic nitrogens is 2. The van der Waals surface area contributed by atoms with Crippen molar-refractivity contribution in [3.63, 3.8) is 0 Å². The van der Waals surface area contributed by atoms with E-state index in [0.717, 1.165) is 50.0 Å². The van der Waals surface area contributed by atoms with E-state index < -0.39 is 0 Å². The fourth-order valence-corrected chi connectivity index (χ4v) is 3.80. The van der Waals surface area contributed by atoms with Crippen LogP contribution in [0.1, 0.15) is 52.0 Å². The van der Waals surface area contributed by atoms with Crippen LogP contribution in [0.15, 0.2) is 60.8 Å². The van der Waals surface area contributed by atoms with E-state index in [1.54, 1.807) is 16.9 Å². The zero-order chi connectivity index (χ0) is 20.9. The zero-order valence-electron chi connectivity index (χ0n) is 17.2. The third-order valence-corrected chi connectivity index (χ3v) is 5.41.